The smallest absolute Gasteiger partial charge is 0.0192 e. The number of hydrogen-bond acceptors (Lipinski definition) is 1. The predicted molar refractivity (Wildman–Crippen MR) is 32.6 cm³/mol. The van der Waals surface area contributed by atoms with Crippen molar-refractivity contribution in [2.75, 3.05) is 0 Å². The molecule has 0 aliphatic heterocycles. The third-order valence-electron chi connectivity index (χ3n) is 0.974. The average Bonchev–Trinajstić information content (AvgIpc) is 1.69. The zero-order chi connectivity index (χ0) is 5.54. The van der Waals surface area contributed by atoms with Crippen LogP contribution in [0.2, 0.25) is 0 Å². The Morgan fingerprint density at radius 2 is 2.14 bits per heavy atom. The Morgan fingerprint density at radius 1 is 1.43 bits per heavy atom. The quantitative estimate of drug-likeness (QED) is 0.534. The molecule has 0 saturated heterocycles. The number of rotatable bonds is 4. The first kappa shape index (κ1) is 6.96. The van der Waals surface area contributed by atoms with Crippen LogP contribution in [0.3, 0.4) is 0 Å². The summed E-state index contributed by atoms with van der Waals surface area (Å²) in [4.78, 5) is 0. The van der Waals surface area contributed by atoms with Gasteiger partial charge in [-0.1, -0.05) is 26.2 Å². The van der Waals surface area contributed by atoms with Gasteiger partial charge >= 0.3 is 0 Å². The van der Waals surface area contributed by atoms with Crippen molar-refractivity contribution in [3.8, 4) is 0 Å². The van der Waals surface area contributed by atoms with Crippen LogP contribution in [0.15, 0.2) is 0 Å². The summed E-state index contributed by atoms with van der Waals surface area (Å²) in [6.45, 7) is 3.92. The van der Waals surface area contributed by atoms with Crippen LogP contribution in [0.5, 0.6) is 0 Å². The Hall–Kier alpha value is -0.0400. The highest BCUT2D eigenvalue weighted by atomic mass is 14.5. The van der Waals surface area contributed by atoms with Gasteiger partial charge in [0, 0.05) is 6.54 Å². The van der Waals surface area contributed by atoms with E-state index in [0.29, 0.717) is 0 Å². The van der Waals surface area contributed by atoms with Crippen LogP contribution in [0.1, 0.15) is 32.6 Å². The molecule has 43 valence electrons. The highest BCUT2D eigenvalue weighted by molar-refractivity contribution is 4.51. The molecule has 0 saturated carbocycles. The molecule has 2 N–H and O–H groups in total. The summed E-state index contributed by atoms with van der Waals surface area (Å²) >= 11 is 0. The molecule has 0 atom stereocenters. The summed E-state index contributed by atoms with van der Waals surface area (Å²) in [5.74, 6) is 0. The van der Waals surface area contributed by atoms with E-state index in [4.69, 9.17) is 5.73 Å². The molecule has 0 spiro atoms. The van der Waals surface area contributed by atoms with Crippen molar-refractivity contribution >= 4 is 0 Å². The molecule has 0 bridgehead atoms. The minimum Gasteiger partial charge on any atom is -0.326 e. The minimum absolute atomic E-state index is 1.08. The average molecular weight is 100 g/mol. The molecular formula is C6H14N. The second-order valence-electron chi connectivity index (χ2n) is 1.73. The summed E-state index contributed by atoms with van der Waals surface area (Å²) in [6.07, 6.45) is 4.93. The molecule has 0 amide bonds. The summed E-state index contributed by atoms with van der Waals surface area (Å²) in [7, 11) is 0. The fourth-order valence-electron chi connectivity index (χ4n) is 0.512. The van der Waals surface area contributed by atoms with Crippen LogP contribution in [0.25, 0.3) is 0 Å². The van der Waals surface area contributed by atoms with Gasteiger partial charge in [-0.15, -0.1) is 0 Å². The SMILES string of the molecule is CCCCC[CH]N. The Morgan fingerprint density at radius 3 is 2.57 bits per heavy atom. The first-order valence-corrected chi connectivity index (χ1v) is 2.95. The first-order valence-electron chi connectivity index (χ1n) is 2.95. The van der Waals surface area contributed by atoms with Crippen molar-refractivity contribution in [1.82, 2.24) is 0 Å². The molecule has 0 aromatic heterocycles. The van der Waals surface area contributed by atoms with Crippen LogP contribution in [0, 0.1) is 6.54 Å². The van der Waals surface area contributed by atoms with Gasteiger partial charge in [-0.25, -0.2) is 0 Å². The zero-order valence-electron chi connectivity index (χ0n) is 4.98. The molecule has 1 nitrogen and oxygen atoms in total. The highest BCUT2D eigenvalue weighted by Gasteiger charge is 1.80. The molecule has 1 heteroatoms. The number of unbranched alkanes of at least 4 members (excludes halogenated alkanes) is 3. The van der Waals surface area contributed by atoms with E-state index in [-0.39, 0.29) is 0 Å². The lowest BCUT2D eigenvalue weighted by molar-refractivity contribution is 0.707. The van der Waals surface area contributed by atoms with Gasteiger partial charge in [0.05, 0.1) is 0 Å². The third-order valence-corrected chi connectivity index (χ3v) is 0.974. The van der Waals surface area contributed by atoms with Crippen molar-refractivity contribution < 1.29 is 0 Å². The van der Waals surface area contributed by atoms with Crippen molar-refractivity contribution in [1.29, 1.82) is 0 Å². The lowest BCUT2D eigenvalue weighted by Crippen LogP contribution is -1.88. The van der Waals surface area contributed by atoms with Crippen molar-refractivity contribution in [3.05, 3.63) is 6.54 Å². The molecule has 0 rings (SSSR count). The highest BCUT2D eigenvalue weighted by Crippen LogP contribution is 1.97. The third kappa shape index (κ3) is 5.96. The number of hydrogen-bond donors (Lipinski definition) is 1. The normalized spacial score (nSPS) is 9.43. The van der Waals surface area contributed by atoms with Gasteiger partial charge in [0.1, 0.15) is 0 Å². The Bertz CT molecular complexity index is 23.4. The number of nitrogens with two attached hydrogens (primary N) is 1. The molecule has 0 fully saturated rings. The first-order chi connectivity index (χ1) is 3.41. The molecule has 0 aromatic carbocycles. The monoisotopic (exact) mass is 100 g/mol. The Balaban J connectivity index is 2.45. The Labute approximate surface area is 45.9 Å². The molecule has 7 heavy (non-hydrogen) atoms. The maximum absolute atomic E-state index is 5.14. The zero-order valence-corrected chi connectivity index (χ0v) is 4.98. The van der Waals surface area contributed by atoms with Gasteiger partial charge in [-0.2, -0.15) is 0 Å². The van der Waals surface area contributed by atoms with E-state index in [0.717, 1.165) is 6.42 Å². The van der Waals surface area contributed by atoms with Gasteiger partial charge < -0.3 is 5.73 Å². The standard InChI is InChI=1S/C6H14N/c1-2-3-4-5-6-7/h6H,2-5,7H2,1H3. The second kappa shape index (κ2) is 5.96. The lowest BCUT2D eigenvalue weighted by Gasteiger charge is -1.90. The van der Waals surface area contributed by atoms with E-state index < -0.39 is 0 Å². The molecule has 0 aliphatic rings. The fourth-order valence-corrected chi connectivity index (χ4v) is 0.512. The lowest BCUT2D eigenvalue weighted by atomic mass is 10.2. The molecule has 0 aliphatic carbocycles. The van der Waals surface area contributed by atoms with Crippen molar-refractivity contribution in [2.24, 2.45) is 5.73 Å². The van der Waals surface area contributed by atoms with Crippen LogP contribution >= 0.6 is 0 Å². The summed E-state index contributed by atoms with van der Waals surface area (Å²) in [5.41, 5.74) is 5.14. The molecule has 0 aromatic rings. The van der Waals surface area contributed by atoms with Gasteiger partial charge in [-0.05, 0) is 6.42 Å². The van der Waals surface area contributed by atoms with Crippen LogP contribution in [-0.4, -0.2) is 0 Å². The maximum Gasteiger partial charge on any atom is 0.0192 e. The van der Waals surface area contributed by atoms with Gasteiger partial charge in [-0.3, -0.25) is 0 Å². The van der Waals surface area contributed by atoms with Crippen molar-refractivity contribution in [3.63, 3.8) is 0 Å². The van der Waals surface area contributed by atoms with Crippen LogP contribution in [0.4, 0.5) is 0 Å². The second-order valence-corrected chi connectivity index (χ2v) is 1.73. The van der Waals surface area contributed by atoms with Gasteiger partial charge in [0.15, 0.2) is 0 Å². The molecule has 1 radical (unpaired) electrons. The fraction of sp³-hybridized carbons (Fsp3) is 0.833. The molecule has 0 heterocycles. The van der Waals surface area contributed by atoms with Crippen LogP contribution < -0.4 is 5.73 Å². The largest absolute Gasteiger partial charge is 0.326 e. The van der Waals surface area contributed by atoms with E-state index >= 15 is 0 Å². The minimum atomic E-state index is 1.08. The van der Waals surface area contributed by atoms with E-state index in [9.17, 15) is 0 Å². The summed E-state index contributed by atoms with van der Waals surface area (Å²) < 4.78 is 0. The van der Waals surface area contributed by atoms with Crippen molar-refractivity contribution in [2.45, 2.75) is 32.6 Å². The maximum atomic E-state index is 5.14. The van der Waals surface area contributed by atoms with E-state index in [2.05, 4.69) is 6.92 Å². The Kier molecular flexibility index (Phi) is 5.93. The van der Waals surface area contributed by atoms with E-state index in [1.807, 2.05) is 0 Å². The molecule has 0 unspecified atom stereocenters. The van der Waals surface area contributed by atoms with Gasteiger partial charge in [0.25, 0.3) is 0 Å². The topological polar surface area (TPSA) is 26.0 Å². The van der Waals surface area contributed by atoms with Crippen LogP contribution in [-0.2, 0) is 0 Å². The van der Waals surface area contributed by atoms with E-state index in [1.54, 1.807) is 6.54 Å². The summed E-state index contributed by atoms with van der Waals surface area (Å²) in [6, 6.07) is 0. The van der Waals surface area contributed by atoms with E-state index in [1.165, 1.54) is 19.3 Å². The molecular weight excluding hydrogens is 86.1 g/mol. The predicted octanol–water partition coefficient (Wildman–Crippen LogP) is 1.69. The van der Waals surface area contributed by atoms with Gasteiger partial charge in [0.2, 0.25) is 0 Å². The summed E-state index contributed by atoms with van der Waals surface area (Å²) in [5, 5.41) is 0.